The van der Waals surface area contributed by atoms with Crippen molar-refractivity contribution in [2.24, 2.45) is 7.05 Å². The lowest BCUT2D eigenvalue weighted by Gasteiger charge is -2.33. The molecular weight excluding hydrogens is 311 g/mol. The van der Waals surface area contributed by atoms with E-state index < -0.39 is 0 Å². The minimum atomic E-state index is -0.378. The lowest BCUT2D eigenvalue weighted by molar-refractivity contribution is -0.124. The molecule has 1 aliphatic rings. The highest BCUT2D eigenvalue weighted by atomic mass is 19.1. The van der Waals surface area contributed by atoms with Crippen LogP contribution in [-0.4, -0.2) is 28.8 Å². The lowest BCUT2D eigenvalue weighted by atomic mass is 9.95. The topological polar surface area (TPSA) is 68.2 Å². The number of aromatic nitrogens is 2. The zero-order chi connectivity index (χ0) is 17.1. The normalized spacial score (nSPS) is 20.7. The van der Waals surface area contributed by atoms with E-state index in [-0.39, 0.29) is 29.6 Å². The molecule has 1 aromatic heterocycles. The van der Waals surface area contributed by atoms with Crippen LogP contribution in [0, 0.1) is 5.82 Å². The van der Waals surface area contributed by atoms with Crippen LogP contribution in [0.3, 0.4) is 0 Å². The highest BCUT2D eigenvalue weighted by Crippen LogP contribution is 2.24. The molecule has 0 aliphatic carbocycles. The lowest BCUT2D eigenvalue weighted by Crippen LogP contribution is -2.48. The molecule has 0 radical (unpaired) electrons. The second kappa shape index (κ2) is 7.00. The second-order valence-electron chi connectivity index (χ2n) is 5.92. The zero-order valence-electron chi connectivity index (χ0n) is 13.8. The average molecular weight is 332 g/mol. The molecule has 2 heterocycles. The third kappa shape index (κ3) is 3.41. The minimum absolute atomic E-state index is 0.0368. The molecule has 24 heavy (non-hydrogen) atoms. The van der Waals surface area contributed by atoms with Gasteiger partial charge in [0.2, 0.25) is 5.91 Å². The van der Waals surface area contributed by atoms with E-state index in [0.717, 1.165) is 17.7 Å². The standard InChI is InChI=1S/C17H21FN4O2/c1-22-14(7-8-20-22)17-13(4-6-16(23)21-17)19-10-11-3-5-15(24-2)12(18)9-11/h3,5,7-9,13,17,19H,4,6,10H2,1-2H3,(H,21,23)/t13-,17-/m1/s1. The molecule has 2 aromatic rings. The zero-order valence-corrected chi connectivity index (χ0v) is 13.8. The van der Waals surface area contributed by atoms with Gasteiger partial charge in [0.05, 0.1) is 18.8 Å². The predicted molar refractivity (Wildman–Crippen MR) is 86.9 cm³/mol. The fraction of sp³-hybridized carbons (Fsp3) is 0.412. The van der Waals surface area contributed by atoms with Crippen molar-refractivity contribution in [3.05, 3.63) is 47.5 Å². The van der Waals surface area contributed by atoms with Crippen molar-refractivity contribution >= 4 is 5.91 Å². The molecule has 2 N–H and O–H groups in total. The number of benzene rings is 1. The molecule has 1 fully saturated rings. The van der Waals surface area contributed by atoms with Gasteiger partial charge in [-0.05, 0) is 30.2 Å². The number of halogens is 1. The molecule has 1 aromatic carbocycles. The number of aryl methyl sites for hydroxylation is 1. The molecule has 3 rings (SSSR count). The highest BCUT2D eigenvalue weighted by molar-refractivity contribution is 5.77. The Morgan fingerprint density at radius 1 is 1.46 bits per heavy atom. The Hall–Kier alpha value is -2.41. The van der Waals surface area contributed by atoms with Gasteiger partial charge in [-0.3, -0.25) is 9.48 Å². The van der Waals surface area contributed by atoms with Gasteiger partial charge in [0.1, 0.15) is 0 Å². The Morgan fingerprint density at radius 3 is 2.96 bits per heavy atom. The second-order valence-corrected chi connectivity index (χ2v) is 5.92. The van der Waals surface area contributed by atoms with Crippen molar-refractivity contribution in [3.63, 3.8) is 0 Å². The van der Waals surface area contributed by atoms with Gasteiger partial charge < -0.3 is 15.4 Å². The molecule has 1 amide bonds. The number of nitrogens with one attached hydrogen (secondary N) is 2. The maximum atomic E-state index is 13.8. The summed E-state index contributed by atoms with van der Waals surface area (Å²) in [5.41, 5.74) is 1.77. The number of piperidine rings is 1. The van der Waals surface area contributed by atoms with E-state index in [1.165, 1.54) is 13.2 Å². The first-order chi connectivity index (χ1) is 11.6. The molecule has 1 aliphatic heterocycles. The summed E-state index contributed by atoms with van der Waals surface area (Å²) in [6.45, 7) is 0.510. The van der Waals surface area contributed by atoms with Gasteiger partial charge in [-0.25, -0.2) is 4.39 Å². The van der Waals surface area contributed by atoms with Crippen LogP contribution < -0.4 is 15.4 Å². The number of carbonyl (C=O) groups is 1. The van der Waals surface area contributed by atoms with Gasteiger partial charge in [0, 0.05) is 32.3 Å². The summed E-state index contributed by atoms with van der Waals surface area (Å²) in [6, 6.07) is 6.72. The Labute approximate surface area is 140 Å². The molecule has 0 saturated carbocycles. The summed E-state index contributed by atoms with van der Waals surface area (Å²) in [4.78, 5) is 11.8. The first-order valence-electron chi connectivity index (χ1n) is 7.91. The van der Waals surface area contributed by atoms with Crippen LogP contribution in [0.2, 0.25) is 0 Å². The van der Waals surface area contributed by atoms with Gasteiger partial charge in [-0.1, -0.05) is 6.07 Å². The van der Waals surface area contributed by atoms with Crippen molar-refractivity contribution < 1.29 is 13.9 Å². The van der Waals surface area contributed by atoms with Crippen molar-refractivity contribution in [3.8, 4) is 5.75 Å². The molecule has 0 spiro atoms. The van der Waals surface area contributed by atoms with Crippen LogP contribution in [0.15, 0.2) is 30.5 Å². The van der Waals surface area contributed by atoms with E-state index in [0.29, 0.717) is 13.0 Å². The Balaban J connectivity index is 1.71. The van der Waals surface area contributed by atoms with Crippen molar-refractivity contribution in [1.29, 1.82) is 0 Å². The quantitative estimate of drug-likeness (QED) is 0.874. The van der Waals surface area contributed by atoms with Crippen LogP contribution in [0.1, 0.15) is 30.1 Å². The fourth-order valence-electron chi connectivity index (χ4n) is 3.06. The maximum Gasteiger partial charge on any atom is 0.220 e. The van der Waals surface area contributed by atoms with Gasteiger partial charge in [0.25, 0.3) is 0 Å². The summed E-state index contributed by atoms with van der Waals surface area (Å²) in [7, 11) is 3.30. The molecule has 0 unspecified atom stereocenters. The van der Waals surface area contributed by atoms with Crippen molar-refractivity contribution in [2.75, 3.05) is 7.11 Å². The highest BCUT2D eigenvalue weighted by Gasteiger charge is 2.31. The Morgan fingerprint density at radius 2 is 2.29 bits per heavy atom. The van der Waals surface area contributed by atoms with Crippen LogP contribution in [-0.2, 0) is 18.4 Å². The molecule has 0 bridgehead atoms. The number of carbonyl (C=O) groups excluding carboxylic acids is 1. The number of ether oxygens (including phenoxy) is 1. The first-order valence-corrected chi connectivity index (χ1v) is 7.91. The average Bonchev–Trinajstić information content (AvgIpc) is 2.99. The van der Waals surface area contributed by atoms with Crippen LogP contribution in [0.4, 0.5) is 4.39 Å². The molecule has 6 nitrogen and oxygen atoms in total. The Kier molecular flexibility index (Phi) is 4.80. The van der Waals surface area contributed by atoms with Crippen LogP contribution in [0.5, 0.6) is 5.75 Å². The summed E-state index contributed by atoms with van der Waals surface area (Å²) < 4.78 is 20.5. The third-order valence-corrected chi connectivity index (χ3v) is 4.36. The monoisotopic (exact) mass is 332 g/mol. The van der Waals surface area contributed by atoms with Gasteiger partial charge >= 0.3 is 0 Å². The summed E-state index contributed by atoms with van der Waals surface area (Å²) in [5.74, 6) is -0.108. The van der Waals surface area contributed by atoms with Crippen LogP contribution >= 0.6 is 0 Å². The van der Waals surface area contributed by atoms with E-state index in [1.54, 1.807) is 16.9 Å². The van der Waals surface area contributed by atoms with Gasteiger partial charge in [-0.2, -0.15) is 5.10 Å². The summed E-state index contributed by atoms with van der Waals surface area (Å²) >= 11 is 0. The molecule has 2 atom stereocenters. The third-order valence-electron chi connectivity index (χ3n) is 4.36. The number of hydrogen-bond acceptors (Lipinski definition) is 4. The van der Waals surface area contributed by atoms with Gasteiger partial charge in [0.15, 0.2) is 11.6 Å². The number of amides is 1. The molecule has 1 saturated heterocycles. The fourth-order valence-corrected chi connectivity index (χ4v) is 3.06. The minimum Gasteiger partial charge on any atom is -0.494 e. The maximum absolute atomic E-state index is 13.8. The van der Waals surface area contributed by atoms with Gasteiger partial charge in [-0.15, -0.1) is 0 Å². The largest absolute Gasteiger partial charge is 0.494 e. The van der Waals surface area contributed by atoms with E-state index in [4.69, 9.17) is 4.74 Å². The Bertz CT molecular complexity index is 731. The van der Waals surface area contributed by atoms with Crippen molar-refractivity contribution in [2.45, 2.75) is 31.5 Å². The smallest absolute Gasteiger partial charge is 0.220 e. The SMILES string of the molecule is COc1ccc(CN[C@@H]2CCC(=O)N[C@H]2c2ccnn2C)cc1F. The molecular formula is C17H21FN4O2. The number of nitrogens with zero attached hydrogens (tertiary/aromatic N) is 2. The summed E-state index contributed by atoms with van der Waals surface area (Å²) in [6.07, 6.45) is 2.91. The molecule has 7 heteroatoms. The first kappa shape index (κ1) is 16.4. The van der Waals surface area contributed by atoms with Crippen LogP contribution in [0.25, 0.3) is 0 Å². The number of rotatable bonds is 5. The molecule has 128 valence electrons. The van der Waals surface area contributed by atoms with E-state index in [9.17, 15) is 9.18 Å². The predicted octanol–water partition coefficient (Wildman–Crippen LogP) is 1.68. The van der Waals surface area contributed by atoms with Crippen molar-refractivity contribution in [1.82, 2.24) is 20.4 Å². The van der Waals surface area contributed by atoms with E-state index >= 15 is 0 Å². The number of hydrogen-bond donors (Lipinski definition) is 2. The van der Waals surface area contributed by atoms with E-state index in [1.807, 2.05) is 19.2 Å². The van der Waals surface area contributed by atoms with E-state index in [2.05, 4.69) is 15.7 Å². The number of methoxy groups -OCH3 is 1. The summed E-state index contributed by atoms with van der Waals surface area (Å²) in [5, 5.41) is 10.6.